The smallest absolute Gasteiger partial charge is 0.335 e. The maximum absolute atomic E-state index is 11.8. The highest BCUT2D eigenvalue weighted by atomic mass is 16.4. The zero-order chi connectivity index (χ0) is 16.1. The largest absolute Gasteiger partial charge is 0.478 e. The normalized spacial score (nSPS) is 10.2. The third kappa shape index (κ3) is 3.92. The molecule has 0 atom stereocenters. The summed E-state index contributed by atoms with van der Waals surface area (Å²) in [6, 6.07) is 7.03. The number of hydrogen-bond donors (Lipinski definition) is 3. The van der Waals surface area contributed by atoms with E-state index in [9.17, 15) is 19.2 Å². The van der Waals surface area contributed by atoms with Crippen molar-refractivity contribution in [1.82, 2.24) is 9.55 Å². The molecule has 0 aliphatic carbocycles. The summed E-state index contributed by atoms with van der Waals surface area (Å²) in [7, 11) is 0. The van der Waals surface area contributed by atoms with Gasteiger partial charge in [0.05, 0.1) is 5.56 Å². The fraction of sp³-hybridized carbons (Fsp3) is 0.143. The van der Waals surface area contributed by atoms with Crippen molar-refractivity contribution in [3.8, 4) is 0 Å². The Morgan fingerprint density at radius 1 is 1.23 bits per heavy atom. The maximum Gasteiger partial charge on any atom is 0.335 e. The highest BCUT2D eigenvalue weighted by molar-refractivity contribution is 5.93. The van der Waals surface area contributed by atoms with E-state index in [-0.39, 0.29) is 24.4 Å². The topological polar surface area (TPSA) is 121 Å². The van der Waals surface area contributed by atoms with Crippen LogP contribution in [0.2, 0.25) is 0 Å². The number of carboxylic acids is 1. The van der Waals surface area contributed by atoms with Crippen molar-refractivity contribution in [3.05, 3.63) is 62.9 Å². The number of nitrogens with one attached hydrogen (secondary N) is 2. The Hall–Kier alpha value is -3.16. The highest BCUT2D eigenvalue weighted by Crippen LogP contribution is 2.11. The van der Waals surface area contributed by atoms with Crippen LogP contribution in [0, 0.1) is 0 Å². The van der Waals surface area contributed by atoms with Crippen molar-refractivity contribution in [3.63, 3.8) is 0 Å². The standard InChI is InChI=1S/C14H13N3O5/c18-11(4-6-17-7-5-12(19)16-14(17)22)15-10-3-1-2-9(8-10)13(20)21/h1-3,5,7-8H,4,6H2,(H,15,18)(H,20,21)(H,16,19,22). The number of carbonyl (C=O) groups is 2. The van der Waals surface area contributed by atoms with Crippen LogP contribution >= 0.6 is 0 Å². The van der Waals surface area contributed by atoms with Gasteiger partial charge in [-0.25, -0.2) is 9.59 Å². The van der Waals surface area contributed by atoms with E-state index in [1.807, 2.05) is 0 Å². The van der Waals surface area contributed by atoms with E-state index in [4.69, 9.17) is 5.11 Å². The molecule has 2 aromatic rings. The molecule has 0 saturated carbocycles. The van der Waals surface area contributed by atoms with Crippen LogP contribution in [0.3, 0.4) is 0 Å². The molecular formula is C14H13N3O5. The molecule has 0 fully saturated rings. The molecule has 0 unspecified atom stereocenters. The number of aryl methyl sites for hydroxylation is 1. The minimum atomic E-state index is -1.09. The second kappa shape index (κ2) is 6.53. The molecule has 0 spiro atoms. The average Bonchev–Trinajstić information content (AvgIpc) is 2.46. The Labute approximate surface area is 124 Å². The van der Waals surface area contributed by atoms with Gasteiger partial charge in [-0.2, -0.15) is 0 Å². The lowest BCUT2D eigenvalue weighted by atomic mass is 10.2. The Bertz CT molecular complexity index is 821. The summed E-state index contributed by atoms with van der Waals surface area (Å²) in [5.74, 6) is -1.46. The summed E-state index contributed by atoms with van der Waals surface area (Å²) < 4.78 is 1.20. The molecule has 1 aromatic heterocycles. The predicted octanol–water partition coefficient (Wildman–Crippen LogP) is 0.264. The van der Waals surface area contributed by atoms with Gasteiger partial charge in [-0.15, -0.1) is 0 Å². The quantitative estimate of drug-likeness (QED) is 0.731. The van der Waals surface area contributed by atoms with Crippen LogP contribution in [0.5, 0.6) is 0 Å². The van der Waals surface area contributed by atoms with Crippen LogP contribution in [-0.2, 0) is 11.3 Å². The maximum atomic E-state index is 11.8. The van der Waals surface area contributed by atoms with E-state index in [1.165, 1.54) is 35.0 Å². The molecule has 2 rings (SSSR count). The van der Waals surface area contributed by atoms with Crippen LogP contribution in [-0.4, -0.2) is 26.5 Å². The van der Waals surface area contributed by atoms with Gasteiger partial charge in [0, 0.05) is 30.9 Å². The van der Waals surface area contributed by atoms with E-state index in [0.717, 1.165) is 0 Å². The molecule has 1 amide bonds. The summed E-state index contributed by atoms with van der Waals surface area (Å²) in [6.07, 6.45) is 1.31. The first-order valence-corrected chi connectivity index (χ1v) is 6.39. The summed E-state index contributed by atoms with van der Waals surface area (Å²) in [5, 5.41) is 11.4. The molecular weight excluding hydrogens is 290 g/mol. The van der Waals surface area contributed by atoms with E-state index in [2.05, 4.69) is 10.3 Å². The molecule has 22 heavy (non-hydrogen) atoms. The van der Waals surface area contributed by atoms with Gasteiger partial charge in [-0.05, 0) is 18.2 Å². The van der Waals surface area contributed by atoms with Crippen molar-refractivity contribution in [2.75, 3.05) is 5.32 Å². The van der Waals surface area contributed by atoms with Gasteiger partial charge in [0.15, 0.2) is 0 Å². The van der Waals surface area contributed by atoms with Gasteiger partial charge in [-0.1, -0.05) is 6.07 Å². The molecule has 0 saturated heterocycles. The molecule has 8 heteroatoms. The van der Waals surface area contributed by atoms with E-state index >= 15 is 0 Å². The van der Waals surface area contributed by atoms with Gasteiger partial charge in [-0.3, -0.25) is 14.6 Å². The molecule has 8 nitrogen and oxygen atoms in total. The molecule has 0 aliphatic rings. The molecule has 1 heterocycles. The first-order valence-electron chi connectivity index (χ1n) is 6.39. The Morgan fingerprint density at radius 3 is 2.68 bits per heavy atom. The van der Waals surface area contributed by atoms with Crippen molar-refractivity contribution >= 4 is 17.6 Å². The molecule has 114 valence electrons. The van der Waals surface area contributed by atoms with Crippen molar-refractivity contribution in [2.24, 2.45) is 0 Å². The third-order valence-electron chi connectivity index (χ3n) is 2.87. The van der Waals surface area contributed by atoms with Crippen LogP contribution in [0.25, 0.3) is 0 Å². The number of aromatic carboxylic acids is 1. The first kappa shape index (κ1) is 15.2. The van der Waals surface area contributed by atoms with Crippen LogP contribution < -0.4 is 16.6 Å². The number of rotatable bonds is 5. The average molecular weight is 303 g/mol. The van der Waals surface area contributed by atoms with E-state index in [1.54, 1.807) is 6.07 Å². The number of carbonyl (C=O) groups excluding carboxylic acids is 1. The van der Waals surface area contributed by atoms with E-state index < -0.39 is 17.2 Å². The highest BCUT2D eigenvalue weighted by Gasteiger charge is 2.07. The van der Waals surface area contributed by atoms with Gasteiger partial charge < -0.3 is 15.0 Å². The van der Waals surface area contributed by atoms with Crippen molar-refractivity contribution < 1.29 is 14.7 Å². The third-order valence-corrected chi connectivity index (χ3v) is 2.87. The predicted molar refractivity (Wildman–Crippen MR) is 78.0 cm³/mol. The Morgan fingerprint density at radius 2 is 2.00 bits per heavy atom. The zero-order valence-electron chi connectivity index (χ0n) is 11.4. The Kier molecular flexibility index (Phi) is 4.52. The lowest BCUT2D eigenvalue weighted by Crippen LogP contribution is -2.29. The number of carboxylic acid groups (broad SMARTS) is 1. The number of hydrogen-bond acceptors (Lipinski definition) is 4. The molecule has 0 bridgehead atoms. The second-order valence-electron chi connectivity index (χ2n) is 4.49. The van der Waals surface area contributed by atoms with Crippen LogP contribution in [0.1, 0.15) is 16.8 Å². The number of H-pyrrole nitrogens is 1. The molecule has 1 aromatic carbocycles. The molecule has 0 radical (unpaired) electrons. The van der Waals surface area contributed by atoms with Crippen molar-refractivity contribution in [1.29, 1.82) is 0 Å². The lowest BCUT2D eigenvalue weighted by Gasteiger charge is -2.07. The summed E-state index contributed by atoms with van der Waals surface area (Å²) in [5.41, 5.74) is -0.669. The van der Waals surface area contributed by atoms with E-state index in [0.29, 0.717) is 5.69 Å². The monoisotopic (exact) mass is 303 g/mol. The van der Waals surface area contributed by atoms with Gasteiger partial charge in [0.25, 0.3) is 5.56 Å². The first-order chi connectivity index (χ1) is 10.5. The van der Waals surface area contributed by atoms with Gasteiger partial charge in [0.1, 0.15) is 0 Å². The summed E-state index contributed by atoms with van der Waals surface area (Å²) in [6.45, 7) is 0.0973. The number of benzene rings is 1. The summed E-state index contributed by atoms with van der Waals surface area (Å²) in [4.78, 5) is 47.1. The second-order valence-corrected chi connectivity index (χ2v) is 4.49. The minimum absolute atomic E-state index is 0.00322. The number of anilines is 1. The SMILES string of the molecule is O=C(CCn1ccc(=O)[nH]c1=O)Nc1cccc(C(=O)O)c1. The number of aromatic nitrogens is 2. The number of nitrogens with zero attached hydrogens (tertiary/aromatic N) is 1. The minimum Gasteiger partial charge on any atom is -0.478 e. The van der Waals surface area contributed by atoms with Crippen LogP contribution in [0.15, 0.2) is 46.1 Å². The van der Waals surface area contributed by atoms with Gasteiger partial charge >= 0.3 is 11.7 Å². The Balaban J connectivity index is 1.98. The molecule has 0 aliphatic heterocycles. The fourth-order valence-corrected chi connectivity index (χ4v) is 1.80. The summed E-state index contributed by atoms with van der Waals surface area (Å²) >= 11 is 0. The number of amides is 1. The fourth-order valence-electron chi connectivity index (χ4n) is 1.80. The van der Waals surface area contributed by atoms with Gasteiger partial charge in [0.2, 0.25) is 5.91 Å². The lowest BCUT2D eigenvalue weighted by molar-refractivity contribution is -0.116. The molecule has 3 N–H and O–H groups in total. The number of aromatic amines is 1. The zero-order valence-corrected chi connectivity index (χ0v) is 11.4. The van der Waals surface area contributed by atoms with Crippen molar-refractivity contribution in [2.45, 2.75) is 13.0 Å². The van der Waals surface area contributed by atoms with Crippen LogP contribution in [0.4, 0.5) is 5.69 Å².